The molecule has 1 atom stereocenters. The molecule has 1 aromatic rings. The fourth-order valence-corrected chi connectivity index (χ4v) is 1.80. The van der Waals surface area contributed by atoms with Crippen LogP contribution in [-0.4, -0.2) is 0 Å². The van der Waals surface area contributed by atoms with Gasteiger partial charge in [-0.05, 0) is 61.4 Å². The Labute approximate surface area is 92.5 Å². The lowest BCUT2D eigenvalue weighted by molar-refractivity contribution is 0.552. The van der Waals surface area contributed by atoms with Crippen molar-refractivity contribution in [2.24, 2.45) is 5.92 Å². The zero-order chi connectivity index (χ0) is 11.6. The van der Waals surface area contributed by atoms with Gasteiger partial charge in [-0.3, -0.25) is 0 Å². The molecule has 0 fully saturated rings. The van der Waals surface area contributed by atoms with Crippen molar-refractivity contribution in [2.45, 2.75) is 47.5 Å². The highest BCUT2D eigenvalue weighted by molar-refractivity contribution is 5.39. The molecule has 0 aromatic heterocycles. The summed E-state index contributed by atoms with van der Waals surface area (Å²) in [4.78, 5) is 0. The average Bonchev–Trinajstić information content (AvgIpc) is 2.22. The molecule has 0 heterocycles. The first-order chi connectivity index (χ1) is 6.97. The van der Waals surface area contributed by atoms with Crippen LogP contribution in [0.15, 0.2) is 6.07 Å². The third-order valence-corrected chi connectivity index (χ3v) is 3.53. The van der Waals surface area contributed by atoms with Gasteiger partial charge in [-0.25, -0.2) is 4.39 Å². The Morgan fingerprint density at radius 2 is 1.73 bits per heavy atom. The van der Waals surface area contributed by atoms with Gasteiger partial charge in [0.15, 0.2) is 0 Å². The molecular formula is C14H21F. The van der Waals surface area contributed by atoms with Crippen molar-refractivity contribution in [1.82, 2.24) is 0 Å². The van der Waals surface area contributed by atoms with Gasteiger partial charge >= 0.3 is 0 Å². The monoisotopic (exact) mass is 208 g/mol. The maximum Gasteiger partial charge on any atom is 0.126 e. The summed E-state index contributed by atoms with van der Waals surface area (Å²) in [6.45, 7) is 10.3. The Morgan fingerprint density at radius 3 is 2.27 bits per heavy atom. The van der Waals surface area contributed by atoms with Crippen LogP contribution in [0.25, 0.3) is 0 Å². The molecule has 0 amide bonds. The van der Waals surface area contributed by atoms with Gasteiger partial charge in [0.1, 0.15) is 5.82 Å². The highest BCUT2D eigenvalue weighted by Gasteiger charge is 2.11. The Kier molecular flexibility index (Phi) is 3.90. The summed E-state index contributed by atoms with van der Waals surface area (Å²) < 4.78 is 13.6. The molecule has 0 nitrogen and oxygen atoms in total. The van der Waals surface area contributed by atoms with E-state index in [-0.39, 0.29) is 5.82 Å². The highest BCUT2D eigenvalue weighted by atomic mass is 19.1. The van der Waals surface area contributed by atoms with Crippen molar-refractivity contribution in [2.75, 3.05) is 0 Å². The summed E-state index contributed by atoms with van der Waals surface area (Å²) in [5.74, 6) is 0.571. The second kappa shape index (κ2) is 4.78. The SMILES string of the molecule is CCC(C)Cc1cc(F)c(C)c(C)c1C. The predicted molar refractivity (Wildman–Crippen MR) is 63.8 cm³/mol. The molecular weight excluding hydrogens is 187 g/mol. The van der Waals surface area contributed by atoms with E-state index in [0.29, 0.717) is 5.92 Å². The Bertz CT molecular complexity index is 353. The van der Waals surface area contributed by atoms with Crippen molar-refractivity contribution in [1.29, 1.82) is 0 Å². The molecule has 15 heavy (non-hydrogen) atoms. The van der Waals surface area contributed by atoms with E-state index < -0.39 is 0 Å². The van der Waals surface area contributed by atoms with E-state index in [2.05, 4.69) is 20.8 Å². The molecule has 0 spiro atoms. The average molecular weight is 208 g/mol. The molecule has 84 valence electrons. The second-order valence-corrected chi connectivity index (χ2v) is 4.61. The van der Waals surface area contributed by atoms with Crippen LogP contribution in [0, 0.1) is 32.5 Å². The van der Waals surface area contributed by atoms with E-state index >= 15 is 0 Å². The zero-order valence-electron chi connectivity index (χ0n) is 10.4. The molecule has 0 N–H and O–H groups in total. The summed E-state index contributed by atoms with van der Waals surface area (Å²) in [6.07, 6.45) is 2.13. The first-order valence-corrected chi connectivity index (χ1v) is 5.72. The van der Waals surface area contributed by atoms with Crippen molar-refractivity contribution in [3.8, 4) is 0 Å². The lowest BCUT2D eigenvalue weighted by Gasteiger charge is -2.15. The molecule has 0 aliphatic carbocycles. The zero-order valence-corrected chi connectivity index (χ0v) is 10.4. The molecule has 0 radical (unpaired) electrons. The molecule has 0 aliphatic heterocycles. The van der Waals surface area contributed by atoms with Crippen LogP contribution in [0.2, 0.25) is 0 Å². The van der Waals surface area contributed by atoms with Crippen molar-refractivity contribution < 1.29 is 4.39 Å². The van der Waals surface area contributed by atoms with E-state index in [1.54, 1.807) is 6.07 Å². The molecule has 0 saturated carbocycles. The van der Waals surface area contributed by atoms with Gasteiger partial charge in [-0.15, -0.1) is 0 Å². The summed E-state index contributed by atoms with van der Waals surface area (Å²) in [6, 6.07) is 1.71. The topological polar surface area (TPSA) is 0 Å². The maximum absolute atomic E-state index is 13.6. The number of halogens is 1. The largest absolute Gasteiger partial charge is 0.207 e. The van der Waals surface area contributed by atoms with Crippen molar-refractivity contribution in [3.63, 3.8) is 0 Å². The van der Waals surface area contributed by atoms with Crippen molar-refractivity contribution >= 4 is 0 Å². The number of hydrogen-bond donors (Lipinski definition) is 0. The maximum atomic E-state index is 13.6. The second-order valence-electron chi connectivity index (χ2n) is 4.61. The van der Waals surface area contributed by atoms with Gasteiger partial charge in [0.05, 0.1) is 0 Å². The highest BCUT2D eigenvalue weighted by Crippen LogP contribution is 2.23. The molecule has 1 heteroatoms. The first-order valence-electron chi connectivity index (χ1n) is 5.72. The normalized spacial score (nSPS) is 12.9. The third-order valence-electron chi connectivity index (χ3n) is 3.53. The molecule has 1 unspecified atom stereocenters. The summed E-state index contributed by atoms with van der Waals surface area (Å²) in [7, 11) is 0. The summed E-state index contributed by atoms with van der Waals surface area (Å²) in [5, 5.41) is 0. The number of rotatable bonds is 3. The van der Waals surface area contributed by atoms with Crippen LogP contribution in [0.1, 0.15) is 42.5 Å². The van der Waals surface area contributed by atoms with Gasteiger partial charge in [-0.1, -0.05) is 20.3 Å². The van der Waals surface area contributed by atoms with Crippen LogP contribution in [0.5, 0.6) is 0 Å². The van der Waals surface area contributed by atoms with Gasteiger partial charge in [-0.2, -0.15) is 0 Å². The van der Waals surface area contributed by atoms with E-state index in [4.69, 9.17) is 0 Å². The van der Waals surface area contributed by atoms with Gasteiger partial charge in [0.2, 0.25) is 0 Å². The van der Waals surface area contributed by atoms with E-state index in [0.717, 1.165) is 24.0 Å². The van der Waals surface area contributed by atoms with Gasteiger partial charge in [0.25, 0.3) is 0 Å². The minimum absolute atomic E-state index is 0.0589. The molecule has 0 saturated heterocycles. The number of hydrogen-bond acceptors (Lipinski definition) is 0. The fraction of sp³-hybridized carbons (Fsp3) is 0.571. The van der Waals surface area contributed by atoms with Crippen LogP contribution < -0.4 is 0 Å². The van der Waals surface area contributed by atoms with Crippen LogP contribution in [0.3, 0.4) is 0 Å². The van der Waals surface area contributed by atoms with Gasteiger partial charge in [0, 0.05) is 0 Å². The minimum atomic E-state index is -0.0589. The Balaban J connectivity index is 3.09. The molecule has 1 rings (SSSR count). The Morgan fingerprint density at radius 1 is 1.13 bits per heavy atom. The Hall–Kier alpha value is -0.850. The van der Waals surface area contributed by atoms with E-state index in [1.807, 2.05) is 13.8 Å². The standard InChI is InChI=1S/C14H21F/c1-6-9(2)7-13-8-14(15)12(5)10(3)11(13)4/h8-9H,6-7H2,1-5H3. The summed E-state index contributed by atoms with van der Waals surface area (Å²) >= 11 is 0. The molecule has 0 bridgehead atoms. The van der Waals surface area contributed by atoms with Crippen molar-refractivity contribution in [3.05, 3.63) is 34.1 Å². The molecule has 0 aliphatic rings. The smallest absolute Gasteiger partial charge is 0.126 e. The lowest BCUT2D eigenvalue weighted by Crippen LogP contribution is -2.03. The van der Waals surface area contributed by atoms with E-state index in [1.165, 1.54) is 11.1 Å². The van der Waals surface area contributed by atoms with E-state index in [9.17, 15) is 4.39 Å². The van der Waals surface area contributed by atoms with Crippen LogP contribution in [0.4, 0.5) is 4.39 Å². The first kappa shape index (κ1) is 12.2. The van der Waals surface area contributed by atoms with Gasteiger partial charge < -0.3 is 0 Å². The fourth-order valence-electron chi connectivity index (χ4n) is 1.80. The predicted octanol–water partition coefficient (Wildman–Crippen LogP) is 4.34. The minimum Gasteiger partial charge on any atom is -0.207 e. The quantitative estimate of drug-likeness (QED) is 0.693. The summed E-state index contributed by atoms with van der Waals surface area (Å²) in [5.41, 5.74) is 4.33. The van der Waals surface area contributed by atoms with Crippen LogP contribution in [-0.2, 0) is 6.42 Å². The third kappa shape index (κ3) is 2.58. The number of benzene rings is 1. The molecule has 1 aromatic carbocycles. The lowest BCUT2D eigenvalue weighted by atomic mass is 9.91. The van der Waals surface area contributed by atoms with Crippen LogP contribution >= 0.6 is 0 Å².